The average Bonchev–Trinajstić information content (AvgIpc) is 3.23. The lowest BCUT2D eigenvalue weighted by molar-refractivity contribution is -0.142. The van der Waals surface area contributed by atoms with Crippen LogP contribution in [0.5, 0.6) is 0 Å². The predicted octanol–water partition coefficient (Wildman–Crippen LogP) is 2.07. The molecule has 6 heteroatoms. The number of carbonyl (C=O) groups excluding carboxylic acids is 2. The van der Waals surface area contributed by atoms with Gasteiger partial charge in [0.25, 0.3) is 0 Å². The van der Waals surface area contributed by atoms with Gasteiger partial charge in [-0.25, -0.2) is 0 Å². The average molecular weight is 332 g/mol. The van der Waals surface area contributed by atoms with Crippen LogP contribution in [0.1, 0.15) is 55.5 Å². The molecule has 1 aromatic heterocycles. The fourth-order valence-electron chi connectivity index (χ4n) is 4.05. The van der Waals surface area contributed by atoms with Gasteiger partial charge in [-0.15, -0.1) is 0 Å². The Morgan fingerprint density at radius 3 is 2.42 bits per heavy atom. The third-order valence-corrected chi connectivity index (χ3v) is 5.56. The van der Waals surface area contributed by atoms with Crippen molar-refractivity contribution in [3.63, 3.8) is 0 Å². The summed E-state index contributed by atoms with van der Waals surface area (Å²) >= 11 is 0. The van der Waals surface area contributed by atoms with E-state index in [1.54, 1.807) is 0 Å². The molecule has 132 valence electrons. The van der Waals surface area contributed by atoms with Crippen molar-refractivity contribution in [2.75, 3.05) is 13.1 Å². The maximum Gasteiger partial charge on any atom is 0.226 e. The lowest BCUT2D eigenvalue weighted by Gasteiger charge is -2.32. The first-order chi connectivity index (χ1) is 11.6. The van der Waals surface area contributed by atoms with Crippen LogP contribution in [0.4, 0.5) is 0 Å². The molecule has 2 aliphatic rings. The molecular formula is C18H28N4O2. The van der Waals surface area contributed by atoms with Crippen LogP contribution >= 0.6 is 0 Å². The fourth-order valence-corrected chi connectivity index (χ4v) is 4.05. The van der Waals surface area contributed by atoms with E-state index in [-0.39, 0.29) is 23.7 Å². The Kier molecular flexibility index (Phi) is 5.21. The molecule has 1 aromatic rings. The third-order valence-electron chi connectivity index (χ3n) is 5.56. The van der Waals surface area contributed by atoms with Crippen LogP contribution in [0.2, 0.25) is 0 Å². The van der Waals surface area contributed by atoms with Gasteiger partial charge in [0.1, 0.15) is 0 Å². The zero-order valence-corrected chi connectivity index (χ0v) is 14.7. The second-order valence-corrected chi connectivity index (χ2v) is 7.16. The molecule has 2 N–H and O–H groups in total. The molecule has 1 aliphatic heterocycles. The lowest BCUT2D eigenvalue weighted by Crippen LogP contribution is -2.44. The van der Waals surface area contributed by atoms with E-state index < -0.39 is 0 Å². The van der Waals surface area contributed by atoms with Crippen molar-refractivity contribution in [3.8, 4) is 0 Å². The Bertz CT molecular complexity index is 585. The quantitative estimate of drug-likeness (QED) is 0.886. The highest BCUT2D eigenvalue weighted by atomic mass is 16.2. The van der Waals surface area contributed by atoms with Gasteiger partial charge in [0.2, 0.25) is 11.8 Å². The van der Waals surface area contributed by atoms with Gasteiger partial charge in [0, 0.05) is 42.7 Å². The minimum Gasteiger partial charge on any atom is -0.352 e. The molecule has 0 unspecified atom stereocenters. The normalized spacial score (nSPS) is 24.2. The van der Waals surface area contributed by atoms with Crippen molar-refractivity contribution < 1.29 is 9.59 Å². The maximum absolute atomic E-state index is 12.8. The topological polar surface area (TPSA) is 78.1 Å². The standard InChI is InChI=1S/C18H28N4O2/c1-12-16(13(2)21-20-12)11-19-17(23)14-7-3-4-8-15(14)18(24)22-9-5-6-10-22/h14-15H,3-11H2,1-2H3,(H,19,23)(H,20,21)/t14-,15+/m1/s1. The summed E-state index contributed by atoms with van der Waals surface area (Å²) < 4.78 is 0. The van der Waals surface area contributed by atoms with E-state index in [1.807, 2.05) is 18.7 Å². The van der Waals surface area contributed by atoms with Gasteiger partial charge in [0.05, 0.1) is 5.69 Å². The number of hydrogen-bond donors (Lipinski definition) is 2. The molecule has 1 aliphatic carbocycles. The van der Waals surface area contributed by atoms with Crippen molar-refractivity contribution in [2.45, 2.75) is 58.9 Å². The lowest BCUT2D eigenvalue weighted by atomic mass is 9.78. The Morgan fingerprint density at radius 2 is 1.79 bits per heavy atom. The van der Waals surface area contributed by atoms with E-state index in [0.29, 0.717) is 6.54 Å². The number of aromatic amines is 1. The summed E-state index contributed by atoms with van der Waals surface area (Å²) in [4.78, 5) is 27.5. The van der Waals surface area contributed by atoms with Crippen molar-refractivity contribution >= 4 is 11.8 Å². The first-order valence-corrected chi connectivity index (χ1v) is 9.15. The highest BCUT2D eigenvalue weighted by Gasteiger charge is 2.38. The van der Waals surface area contributed by atoms with Crippen LogP contribution < -0.4 is 5.32 Å². The summed E-state index contributed by atoms with van der Waals surface area (Å²) in [6, 6.07) is 0. The summed E-state index contributed by atoms with van der Waals surface area (Å²) in [6.07, 6.45) is 5.93. The van der Waals surface area contributed by atoms with Gasteiger partial charge in [-0.05, 0) is 39.5 Å². The van der Waals surface area contributed by atoms with Crippen molar-refractivity contribution in [1.29, 1.82) is 0 Å². The van der Waals surface area contributed by atoms with Gasteiger partial charge in [-0.1, -0.05) is 12.8 Å². The Balaban J connectivity index is 1.63. The SMILES string of the molecule is Cc1n[nH]c(C)c1CNC(=O)[C@@H]1CCCC[C@@H]1C(=O)N1CCCC1. The van der Waals surface area contributed by atoms with Gasteiger partial charge < -0.3 is 10.2 Å². The van der Waals surface area contributed by atoms with E-state index in [4.69, 9.17) is 0 Å². The molecule has 0 aromatic carbocycles. The predicted molar refractivity (Wildman–Crippen MR) is 91.2 cm³/mol. The van der Waals surface area contributed by atoms with Crippen LogP contribution in [-0.2, 0) is 16.1 Å². The monoisotopic (exact) mass is 332 g/mol. The number of rotatable bonds is 4. The van der Waals surface area contributed by atoms with Crippen LogP contribution in [0.15, 0.2) is 0 Å². The summed E-state index contributed by atoms with van der Waals surface area (Å²) in [7, 11) is 0. The zero-order valence-electron chi connectivity index (χ0n) is 14.7. The molecule has 0 spiro atoms. The van der Waals surface area contributed by atoms with E-state index in [2.05, 4.69) is 15.5 Å². The van der Waals surface area contributed by atoms with Crippen LogP contribution in [0, 0.1) is 25.7 Å². The summed E-state index contributed by atoms with van der Waals surface area (Å²) in [6.45, 7) is 6.09. The molecule has 6 nitrogen and oxygen atoms in total. The fraction of sp³-hybridized carbons (Fsp3) is 0.722. The minimum absolute atomic E-state index is 0.0206. The van der Waals surface area contributed by atoms with Crippen molar-refractivity contribution in [1.82, 2.24) is 20.4 Å². The van der Waals surface area contributed by atoms with Gasteiger partial charge in [-0.3, -0.25) is 14.7 Å². The van der Waals surface area contributed by atoms with Gasteiger partial charge in [-0.2, -0.15) is 5.10 Å². The second-order valence-electron chi connectivity index (χ2n) is 7.16. The summed E-state index contributed by atoms with van der Waals surface area (Å²) in [5.41, 5.74) is 2.95. The molecule has 24 heavy (non-hydrogen) atoms. The summed E-state index contributed by atoms with van der Waals surface area (Å²) in [5, 5.41) is 10.1. The number of nitrogens with one attached hydrogen (secondary N) is 2. The number of nitrogens with zero attached hydrogens (tertiary/aromatic N) is 2. The molecule has 2 atom stereocenters. The molecule has 2 amide bonds. The van der Waals surface area contributed by atoms with Gasteiger partial charge in [0.15, 0.2) is 0 Å². The Labute approximate surface area is 143 Å². The van der Waals surface area contributed by atoms with Gasteiger partial charge >= 0.3 is 0 Å². The number of likely N-dealkylation sites (tertiary alicyclic amines) is 1. The molecule has 1 saturated heterocycles. The van der Waals surface area contributed by atoms with Crippen LogP contribution in [-0.4, -0.2) is 40.0 Å². The van der Waals surface area contributed by atoms with Crippen LogP contribution in [0.25, 0.3) is 0 Å². The Hall–Kier alpha value is -1.85. The second kappa shape index (κ2) is 7.36. The smallest absolute Gasteiger partial charge is 0.226 e. The highest BCUT2D eigenvalue weighted by molar-refractivity contribution is 5.88. The number of H-pyrrole nitrogens is 1. The number of aromatic nitrogens is 2. The first kappa shape index (κ1) is 17.0. The first-order valence-electron chi connectivity index (χ1n) is 9.15. The number of hydrogen-bond acceptors (Lipinski definition) is 3. The maximum atomic E-state index is 12.8. The number of amides is 2. The molecule has 1 saturated carbocycles. The van der Waals surface area contributed by atoms with E-state index >= 15 is 0 Å². The molecule has 2 fully saturated rings. The minimum atomic E-state index is -0.181. The third kappa shape index (κ3) is 3.47. The van der Waals surface area contributed by atoms with E-state index in [9.17, 15) is 9.59 Å². The molecule has 0 bridgehead atoms. The molecule has 3 rings (SSSR count). The largest absolute Gasteiger partial charge is 0.352 e. The highest BCUT2D eigenvalue weighted by Crippen LogP contribution is 2.32. The Morgan fingerprint density at radius 1 is 1.12 bits per heavy atom. The molecular weight excluding hydrogens is 304 g/mol. The molecule has 0 radical (unpaired) electrons. The zero-order chi connectivity index (χ0) is 17.1. The number of carbonyl (C=O) groups is 2. The van der Waals surface area contributed by atoms with Crippen molar-refractivity contribution in [2.24, 2.45) is 11.8 Å². The van der Waals surface area contributed by atoms with E-state index in [0.717, 1.165) is 68.6 Å². The van der Waals surface area contributed by atoms with Crippen LogP contribution in [0.3, 0.4) is 0 Å². The number of aryl methyl sites for hydroxylation is 2. The summed E-state index contributed by atoms with van der Waals surface area (Å²) in [5.74, 6) is -0.0990. The molecule has 2 heterocycles. The van der Waals surface area contributed by atoms with Crippen molar-refractivity contribution in [3.05, 3.63) is 17.0 Å². The van der Waals surface area contributed by atoms with E-state index in [1.165, 1.54) is 0 Å².